The molecule has 0 saturated carbocycles. The van der Waals surface area contributed by atoms with Crippen molar-refractivity contribution in [2.24, 2.45) is 10.9 Å². The van der Waals surface area contributed by atoms with Gasteiger partial charge in [-0.3, -0.25) is 9.89 Å². The molecule has 1 aromatic rings. The zero-order valence-corrected chi connectivity index (χ0v) is 17.0. The van der Waals surface area contributed by atoms with Gasteiger partial charge in [0.1, 0.15) is 12.2 Å². The van der Waals surface area contributed by atoms with E-state index in [0.717, 1.165) is 44.3 Å². The van der Waals surface area contributed by atoms with Crippen LogP contribution in [0.2, 0.25) is 0 Å². The first-order chi connectivity index (χ1) is 13.4. The summed E-state index contributed by atoms with van der Waals surface area (Å²) in [6, 6.07) is 0. The molecule has 2 rings (SSSR count). The van der Waals surface area contributed by atoms with E-state index in [2.05, 4.69) is 20.4 Å². The smallest absolute Gasteiger partial charge is 0.357 e. The normalized spacial score (nSPS) is 18.3. The van der Waals surface area contributed by atoms with Crippen LogP contribution in [-0.4, -0.2) is 82.5 Å². The average molecular weight is 403 g/mol. The lowest BCUT2D eigenvalue weighted by molar-refractivity contribution is -0.146. The maximum Gasteiger partial charge on any atom is 0.401 e. The van der Waals surface area contributed by atoms with E-state index < -0.39 is 12.7 Å². The van der Waals surface area contributed by atoms with Crippen LogP contribution in [0.25, 0.3) is 0 Å². The van der Waals surface area contributed by atoms with E-state index in [-0.39, 0.29) is 5.92 Å². The number of aryl methyl sites for hydroxylation is 1. The number of aromatic nitrogens is 3. The van der Waals surface area contributed by atoms with Crippen molar-refractivity contribution in [2.75, 3.05) is 45.8 Å². The fourth-order valence-corrected chi connectivity index (χ4v) is 3.53. The van der Waals surface area contributed by atoms with E-state index >= 15 is 0 Å². The van der Waals surface area contributed by atoms with Crippen molar-refractivity contribution in [3.63, 3.8) is 0 Å². The molecule has 0 bridgehead atoms. The molecule has 1 N–H and O–H groups in total. The topological polar surface area (TPSA) is 61.6 Å². The van der Waals surface area contributed by atoms with Crippen molar-refractivity contribution < 1.29 is 13.2 Å². The summed E-state index contributed by atoms with van der Waals surface area (Å²) in [4.78, 5) is 8.34. The van der Waals surface area contributed by atoms with Crippen LogP contribution in [0.3, 0.4) is 0 Å². The molecule has 1 atom stereocenters. The first-order valence-corrected chi connectivity index (χ1v) is 10.0. The second-order valence-electron chi connectivity index (χ2n) is 7.07. The van der Waals surface area contributed by atoms with Gasteiger partial charge in [0.15, 0.2) is 5.96 Å². The number of hydrogen-bond acceptors (Lipinski definition) is 4. The third kappa shape index (κ3) is 6.96. The number of halogens is 3. The molecular weight excluding hydrogens is 371 g/mol. The highest BCUT2D eigenvalue weighted by atomic mass is 19.4. The van der Waals surface area contributed by atoms with Crippen molar-refractivity contribution in [2.45, 2.75) is 46.3 Å². The maximum absolute atomic E-state index is 12.7. The number of rotatable bonds is 9. The first-order valence-electron chi connectivity index (χ1n) is 10.0. The van der Waals surface area contributed by atoms with Crippen LogP contribution in [0.4, 0.5) is 13.2 Å². The van der Waals surface area contributed by atoms with E-state index in [0.29, 0.717) is 26.2 Å². The Morgan fingerprint density at radius 3 is 2.79 bits per heavy atom. The van der Waals surface area contributed by atoms with Crippen LogP contribution in [0.15, 0.2) is 11.3 Å². The largest absolute Gasteiger partial charge is 0.401 e. The molecule has 28 heavy (non-hydrogen) atoms. The SMILES string of the molecule is CCNC(=NCCn1cnnc1CC)N1CCC(CN(CC)CC(F)(F)F)C1. The Bertz CT molecular complexity index is 615. The first kappa shape index (κ1) is 22.4. The second kappa shape index (κ2) is 10.6. The van der Waals surface area contributed by atoms with Crippen LogP contribution in [-0.2, 0) is 13.0 Å². The van der Waals surface area contributed by atoms with Crippen LogP contribution >= 0.6 is 0 Å². The Morgan fingerprint density at radius 1 is 1.36 bits per heavy atom. The Morgan fingerprint density at radius 2 is 2.14 bits per heavy atom. The minimum Gasteiger partial charge on any atom is -0.357 e. The number of guanidine groups is 1. The van der Waals surface area contributed by atoms with Gasteiger partial charge in [0.2, 0.25) is 0 Å². The lowest BCUT2D eigenvalue weighted by Crippen LogP contribution is -2.42. The third-order valence-corrected chi connectivity index (χ3v) is 4.90. The molecular formula is C18H32F3N7. The summed E-state index contributed by atoms with van der Waals surface area (Å²) in [5.74, 6) is 1.98. The van der Waals surface area contributed by atoms with Crippen molar-refractivity contribution in [3.8, 4) is 0 Å². The van der Waals surface area contributed by atoms with Gasteiger partial charge < -0.3 is 14.8 Å². The van der Waals surface area contributed by atoms with E-state index in [1.807, 2.05) is 18.4 Å². The van der Waals surface area contributed by atoms with Gasteiger partial charge in [-0.1, -0.05) is 13.8 Å². The number of alkyl halides is 3. The summed E-state index contributed by atoms with van der Waals surface area (Å²) in [6.45, 7) is 9.46. The standard InChI is InChI=1S/C18H32F3N7/c1-4-16-25-24-14-28(16)10-8-23-17(22-5-2)27-9-7-15(12-27)11-26(6-3)13-18(19,20)21/h14-15H,4-13H2,1-3H3,(H,22,23). The van der Waals surface area contributed by atoms with Gasteiger partial charge in [-0.25, -0.2) is 0 Å². The van der Waals surface area contributed by atoms with Crippen molar-refractivity contribution >= 4 is 5.96 Å². The molecule has 1 saturated heterocycles. The molecule has 1 fully saturated rings. The molecule has 0 aromatic carbocycles. The molecule has 7 nitrogen and oxygen atoms in total. The monoisotopic (exact) mass is 403 g/mol. The molecule has 1 unspecified atom stereocenters. The lowest BCUT2D eigenvalue weighted by Gasteiger charge is -2.26. The molecule has 160 valence electrons. The van der Waals surface area contributed by atoms with Gasteiger partial charge in [-0.2, -0.15) is 13.2 Å². The molecule has 1 aliphatic rings. The molecule has 0 aliphatic carbocycles. The van der Waals surface area contributed by atoms with Gasteiger partial charge in [-0.05, 0) is 25.8 Å². The molecule has 1 aliphatic heterocycles. The summed E-state index contributed by atoms with van der Waals surface area (Å²) in [7, 11) is 0. The number of nitrogens with zero attached hydrogens (tertiary/aromatic N) is 6. The van der Waals surface area contributed by atoms with Crippen LogP contribution in [0, 0.1) is 5.92 Å². The zero-order valence-electron chi connectivity index (χ0n) is 17.0. The van der Waals surface area contributed by atoms with Crippen LogP contribution in [0.5, 0.6) is 0 Å². The molecule has 0 spiro atoms. The minimum absolute atomic E-state index is 0.218. The highest BCUT2D eigenvalue weighted by Gasteiger charge is 2.33. The van der Waals surface area contributed by atoms with E-state index in [9.17, 15) is 13.2 Å². The van der Waals surface area contributed by atoms with Gasteiger partial charge >= 0.3 is 6.18 Å². The van der Waals surface area contributed by atoms with Crippen LogP contribution in [0.1, 0.15) is 33.0 Å². The van der Waals surface area contributed by atoms with Crippen molar-refractivity contribution in [1.82, 2.24) is 29.9 Å². The summed E-state index contributed by atoms with van der Waals surface area (Å²) in [5.41, 5.74) is 0. The summed E-state index contributed by atoms with van der Waals surface area (Å²) in [6.07, 6.45) is -0.731. The Hall–Kier alpha value is -1.84. The van der Waals surface area contributed by atoms with Crippen LogP contribution < -0.4 is 5.32 Å². The molecule has 0 radical (unpaired) electrons. The average Bonchev–Trinajstić information content (AvgIpc) is 3.28. The van der Waals surface area contributed by atoms with E-state index in [4.69, 9.17) is 4.99 Å². The number of nitrogens with one attached hydrogen (secondary N) is 1. The van der Waals surface area contributed by atoms with E-state index in [1.165, 1.54) is 4.90 Å². The summed E-state index contributed by atoms with van der Waals surface area (Å²) in [5, 5.41) is 11.3. The fraction of sp³-hybridized carbons (Fsp3) is 0.833. The predicted molar refractivity (Wildman–Crippen MR) is 103 cm³/mol. The Labute approximate surface area is 165 Å². The van der Waals surface area contributed by atoms with Gasteiger partial charge in [-0.15, -0.1) is 10.2 Å². The Kier molecular flexibility index (Phi) is 8.53. The van der Waals surface area contributed by atoms with Crippen molar-refractivity contribution in [1.29, 1.82) is 0 Å². The van der Waals surface area contributed by atoms with Gasteiger partial charge in [0, 0.05) is 39.1 Å². The molecule has 1 aromatic heterocycles. The fourth-order valence-electron chi connectivity index (χ4n) is 3.53. The predicted octanol–water partition coefficient (Wildman–Crippen LogP) is 2.01. The van der Waals surface area contributed by atoms with E-state index in [1.54, 1.807) is 13.3 Å². The minimum atomic E-state index is -4.15. The second-order valence-corrected chi connectivity index (χ2v) is 7.07. The summed E-state index contributed by atoms with van der Waals surface area (Å²) < 4.78 is 40.1. The highest BCUT2D eigenvalue weighted by Crippen LogP contribution is 2.21. The van der Waals surface area contributed by atoms with Gasteiger partial charge in [0.05, 0.1) is 13.1 Å². The maximum atomic E-state index is 12.7. The molecule has 10 heteroatoms. The number of aliphatic imine (C=N–C) groups is 1. The number of hydrogen-bond donors (Lipinski definition) is 1. The lowest BCUT2D eigenvalue weighted by atomic mass is 10.1. The third-order valence-electron chi connectivity index (χ3n) is 4.90. The highest BCUT2D eigenvalue weighted by molar-refractivity contribution is 5.80. The summed E-state index contributed by atoms with van der Waals surface area (Å²) >= 11 is 0. The van der Waals surface area contributed by atoms with Crippen molar-refractivity contribution in [3.05, 3.63) is 12.2 Å². The van der Waals surface area contributed by atoms with Gasteiger partial charge in [0.25, 0.3) is 0 Å². The number of likely N-dealkylation sites (tertiary alicyclic amines) is 1. The zero-order chi connectivity index (χ0) is 20.6. The molecule has 2 heterocycles. The quantitative estimate of drug-likeness (QED) is 0.505. The Balaban J connectivity index is 1.89. The molecule has 0 amide bonds.